The minimum atomic E-state index is -0.927. The molecule has 39 heavy (non-hydrogen) atoms. The molecule has 0 spiro atoms. The Balaban J connectivity index is 1.55. The molecular formula is C35H54O4. The summed E-state index contributed by atoms with van der Waals surface area (Å²) in [5.74, 6) is 1.20. The maximum Gasteiger partial charge on any atom is 0.171 e. The van der Waals surface area contributed by atoms with Gasteiger partial charge in [0.2, 0.25) is 0 Å². The maximum atomic E-state index is 13.4. The van der Waals surface area contributed by atoms with E-state index in [1.807, 2.05) is 13.0 Å². The van der Waals surface area contributed by atoms with Gasteiger partial charge in [-0.15, -0.1) is 6.58 Å². The second kappa shape index (κ2) is 9.38. The predicted molar refractivity (Wildman–Crippen MR) is 156 cm³/mol. The van der Waals surface area contributed by atoms with E-state index in [2.05, 4.69) is 54.2 Å². The molecule has 0 aromatic rings. The third-order valence-corrected chi connectivity index (χ3v) is 13.8. The first-order valence-corrected chi connectivity index (χ1v) is 15.6. The Morgan fingerprint density at radius 2 is 1.72 bits per heavy atom. The first kappa shape index (κ1) is 29.2. The van der Waals surface area contributed by atoms with Crippen LogP contribution in [0.25, 0.3) is 0 Å². The Labute approximate surface area is 237 Å². The molecule has 0 heterocycles. The largest absolute Gasteiger partial charge is 0.377 e. The van der Waals surface area contributed by atoms with Crippen molar-refractivity contribution in [1.82, 2.24) is 0 Å². The van der Waals surface area contributed by atoms with E-state index >= 15 is 0 Å². The molecule has 0 radical (unpaired) electrons. The monoisotopic (exact) mass is 538 g/mol. The molecule has 0 aromatic carbocycles. The van der Waals surface area contributed by atoms with Gasteiger partial charge in [-0.25, -0.2) is 0 Å². The molecule has 218 valence electrons. The van der Waals surface area contributed by atoms with Gasteiger partial charge < -0.3 is 9.47 Å². The highest BCUT2D eigenvalue weighted by atomic mass is 16.5. The Morgan fingerprint density at radius 3 is 2.38 bits per heavy atom. The fourth-order valence-corrected chi connectivity index (χ4v) is 11.2. The van der Waals surface area contributed by atoms with E-state index in [1.165, 1.54) is 19.3 Å². The number of allylic oxidation sites excluding steroid dienone is 2. The lowest BCUT2D eigenvalue weighted by molar-refractivity contribution is -0.196. The molecule has 5 aliphatic rings. The third-order valence-electron chi connectivity index (χ3n) is 13.8. The van der Waals surface area contributed by atoms with Crippen LogP contribution in [-0.2, 0) is 19.1 Å². The smallest absolute Gasteiger partial charge is 0.171 e. The zero-order valence-corrected chi connectivity index (χ0v) is 26.1. The predicted octanol–water partition coefficient (Wildman–Crippen LogP) is 7.75. The Kier molecular flexibility index (Phi) is 7.03. The van der Waals surface area contributed by atoms with E-state index in [-0.39, 0.29) is 57.3 Å². The number of carbonyl (C=O) groups is 2. The Hall–Kier alpha value is -1.26. The molecule has 0 aliphatic heterocycles. The highest BCUT2D eigenvalue weighted by Crippen LogP contribution is 2.75. The van der Waals surface area contributed by atoms with Crippen molar-refractivity contribution < 1.29 is 19.1 Å². The average Bonchev–Trinajstić information content (AvgIpc) is 2.86. The quantitative estimate of drug-likeness (QED) is 0.256. The maximum absolute atomic E-state index is 13.4. The minimum Gasteiger partial charge on any atom is -0.377 e. The van der Waals surface area contributed by atoms with Crippen LogP contribution in [0.1, 0.15) is 106 Å². The van der Waals surface area contributed by atoms with Crippen LogP contribution in [0.2, 0.25) is 0 Å². The zero-order valence-electron chi connectivity index (χ0n) is 26.1. The van der Waals surface area contributed by atoms with Crippen molar-refractivity contribution in [2.24, 2.45) is 50.2 Å². The number of rotatable bonds is 6. The summed E-state index contributed by atoms with van der Waals surface area (Å²) >= 11 is 0. The van der Waals surface area contributed by atoms with E-state index in [9.17, 15) is 9.59 Å². The van der Waals surface area contributed by atoms with Crippen LogP contribution < -0.4 is 0 Å². The van der Waals surface area contributed by atoms with Gasteiger partial charge >= 0.3 is 0 Å². The van der Waals surface area contributed by atoms with E-state index in [1.54, 1.807) is 12.7 Å². The van der Waals surface area contributed by atoms with E-state index < -0.39 is 5.41 Å². The summed E-state index contributed by atoms with van der Waals surface area (Å²) in [7, 11) is 1.57. The van der Waals surface area contributed by atoms with E-state index in [0.717, 1.165) is 32.1 Å². The first-order valence-electron chi connectivity index (χ1n) is 15.6. The summed E-state index contributed by atoms with van der Waals surface area (Å²) in [6, 6.07) is 0. The fraction of sp³-hybridized carbons (Fsp3) is 0.829. The molecule has 5 aliphatic carbocycles. The van der Waals surface area contributed by atoms with Crippen LogP contribution in [0, 0.1) is 50.2 Å². The molecule has 4 fully saturated rings. The normalized spacial score (nSPS) is 48.6. The highest BCUT2D eigenvalue weighted by Gasteiger charge is 2.70. The number of carbonyl (C=O) groups excluding carboxylic acids is 2. The molecule has 0 bridgehead atoms. The molecule has 0 aromatic heterocycles. The van der Waals surface area contributed by atoms with Crippen LogP contribution in [0.15, 0.2) is 24.3 Å². The number of hydrogen-bond acceptors (Lipinski definition) is 4. The molecule has 5 unspecified atom stereocenters. The first-order chi connectivity index (χ1) is 18.1. The summed E-state index contributed by atoms with van der Waals surface area (Å²) in [4.78, 5) is 26.9. The molecular weight excluding hydrogens is 484 g/mol. The van der Waals surface area contributed by atoms with Crippen molar-refractivity contribution in [2.45, 2.75) is 112 Å². The van der Waals surface area contributed by atoms with Gasteiger partial charge in [-0.05, 0) is 97.7 Å². The van der Waals surface area contributed by atoms with Crippen molar-refractivity contribution in [1.29, 1.82) is 0 Å². The number of ether oxygens (including phenoxy) is 2. The number of Topliss-reactive ketones (excluding diaryl/α,β-unsaturated/α-hetero) is 2. The van der Waals surface area contributed by atoms with Crippen molar-refractivity contribution in [3.8, 4) is 0 Å². The third kappa shape index (κ3) is 3.89. The van der Waals surface area contributed by atoms with E-state index in [4.69, 9.17) is 9.47 Å². The van der Waals surface area contributed by atoms with Gasteiger partial charge in [0.15, 0.2) is 5.78 Å². The van der Waals surface area contributed by atoms with Crippen LogP contribution in [-0.4, -0.2) is 38.0 Å². The fourth-order valence-electron chi connectivity index (χ4n) is 11.2. The summed E-state index contributed by atoms with van der Waals surface area (Å²) in [6.45, 7) is 21.5. The molecule has 5 rings (SSSR count). The SMILES string of the molecule is C=CCO[C@@H]1CC(C)(C)CC2C3=CCC4C5(C)CCC(=O)[C@](C)(C(=O)COC)C5CCC4(C)[C@]3(C)CC[C@]21C. The van der Waals surface area contributed by atoms with Gasteiger partial charge in [0, 0.05) is 18.9 Å². The lowest BCUT2D eigenvalue weighted by Crippen LogP contribution is -2.66. The van der Waals surface area contributed by atoms with Crippen molar-refractivity contribution >= 4 is 11.6 Å². The van der Waals surface area contributed by atoms with Gasteiger partial charge in [0.25, 0.3) is 0 Å². The van der Waals surface area contributed by atoms with Crippen molar-refractivity contribution in [3.05, 3.63) is 24.3 Å². The Bertz CT molecular complexity index is 1070. The van der Waals surface area contributed by atoms with Crippen LogP contribution in [0.3, 0.4) is 0 Å². The topological polar surface area (TPSA) is 52.6 Å². The molecule has 0 amide bonds. The zero-order chi connectivity index (χ0) is 28.6. The standard InChI is InChI=1S/C35H54O4/c1-10-19-39-29-21-30(2,3)20-24-23-11-12-25-32(5)15-14-27(36)35(8,28(37)22-38-9)26(32)13-16-34(25,7)33(23,6)18-17-31(24,29)4/h10-11,24-26,29H,1,12-22H2,2-9H3/t24?,25?,26?,29-,31-,32?,33-,34?,35-/m1/s1. The van der Waals surface area contributed by atoms with Crippen molar-refractivity contribution in [2.75, 3.05) is 20.3 Å². The van der Waals surface area contributed by atoms with Gasteiger partial charge in [-0.1, -0.05) is 59.3 Å². The van der Waals surface area contributed by atoms with Gasteiger partial charge in [-0.2, -0.15) is 0 Å². The summed E-state index contributed by atoms with van der Waals surface area (Å²) in [5, 5.41) is 0. The molecule has 4 nitrogen and oxygen atoms in total. The van der Waals surface area contributed by atoms with E-state index in [0.29, 0.717) is 24.9 Å². The van der Waals surface area contributed by atoms with Gasteiger partial charge in [0.1, 0.15) is 12.4 Å². The lowest BCUT2D eigenvalue weighted by Gasteiger charge is -2.71. The van der Waals surface area contributed by atoms with Crippen LogP contribution >= 0.6 is 0 Å². The second-order valence-corrected chi connectivity index (χ2v) is 16.0. The number of methoxy groups -OCH3 is 1. The number of ketones is 2. The summed E-state index contributed by atoms with van der Waals surface area (Å²) in [5.41, 5.74) is 1.39. The Morgan fingerprint density at radius 1 is 1.00 bits per heavy atom. The number of fused-ring (bicyclic) bond motifs is 7. The minimum absolute atomic E-state index is 0.0174. The summed E-state index contributed by atoms with van der Waals surface area (Å²) < 4.78 is 11.8. The molecule has 4 saturated carbocycles. The number of hydrogen-bond donors (Lipinski definition) is 0. The molecule has 9 atom stereocenters. The molecule has 0 N–H and O–H groups in total. The van der Waals surface area contributed by atoms with Gasteiger partial charge in [0.05, 0.1) is 18.1 Å². The van der Waals surface area contributed by atoms with Crippen LogP contribution in [0.4, 0.5) is 0 Å². The average molecular weight is 539 g/mol. The second-order valence-electron chi connectivity index (χ2n) is 16.0. The lowest BCUT2D eigenvalue weighted by atomic mass is 9.33. The highest BCUT2D eigenvalue weighted by molar-refractivity contribution is 6.08. The molecule has 4 heteroatoms. The summed E-state index contributed by atoms with van der Waals surface area (Å²) in [6.07, 6.45) is 14.0. The molecule has 0 saturated heterocycles. The van der Waals surface area contributed by atoms with Crippen LogP contribution in [0.5, 0.6) is 0 Å². The van der Waals surface area contributed by atoms with Gasteiger partial charge in [-0.3, -0.25) is 9.59 Å². The van der Waals surface area contributed by atoms with Crippen molar-refractivity contribution in [3.63, 3.8) is 0 Å².